The molecule has 4 aliphatic carbocycles. The number of halogens is 5. The first-order valence-corrected chi connectivity index (χ1v) is 14.0. The molecule has 2 saturated carbocycles. The molecule has 0 aromatic heterocycles. The maximum absolute atomic E-state index is 15.1. The number of hydrogen-bond donors (Lipinski definition) is 2. The Labute approximate surface area is 235 Å². The van der Waals surface area contributed by atoms with E-state index in [2.05, 4.69) is 11.9 Å². The van der Waals surface area contributed by atoms with Crippen molar-refractivity contribution in [3.8, 4) is 0 Å². The quantitative estimate of drug-likeness (QED) is 0.283. The summed E-state index contributed by atoms with van der Waals surface area (Å²) in [7, 11) is 0. The lowest BCUT2D eigenvalue weighted by atomic mass is 9.50. The maximum Gasteiger partial charge on any atom is 0.456 e. The van der Waals surface area contributed by atoms with Crippen molar-refractivity contribution in [2.24, 2.45) is 17.3 Å². The minimum absolute atomic E-state index is 0.0170. The normalized spacial score (nSPS) is 31.5. The second-order valence-corrected chi connectivity index (χ2v) is 12.0. The number of carbonyl (C=O) groups excluding carboxylic acids is 2. The molecule has 2 N–H and O–H groups in total. The monoisotopic (exact) mass is 579 g/mol. The third-order valence-electron chi connectivity index (χ3n) is 9.90. The number of nitrogens with one attached hydrogen (secondary N) is 1. The topological polar surface area (TPSA) is 75.6 Å². The fourth-order valence-corrected chi connectivity index (χ4v) is 7.92. The van der Waals surface area contributed by atoms with E-state index in [1.807, 2.05) is 0 Å². The van der Waals surface area contributed by atoms with Gasteiger partial charge in [-0.3, -0.25) is 4.79 Å². The molecule has 2 fully saturated rings. The number of amides is 1. The molecule has 0 saturated heterocycles. The summed E-state index contributed by atoms with van der Waals surface area (Å²) in [4.78, 5) is 24.0. The molecular formula is C31H34F5NO4. The Kier molecular flexibility index (Phi) is 7.45. The number of rotatable bonds is 6. The van der Waals surface area contributed by atoms with Crippen molar-refractivity contribution in [3.05, 3.63) is 70.8 Å². The van der Waals surface area contributed by atoms with Crippen LogP contribution < -0.4 is 5.32 Å². The van der Waals surface area contributed by atoms with E-state index in [9.17, 15) is 27.9 Å². The molecular weight excluding hydrogens is 545 g/mol. The second-order valence-electron chi connectivity index (χ2n) is 12.0. The summed E-state index contributed by atoms with van der Waals surface area (Å²) in [5.41, 5.74) is -0.623. The fraction of sp³-hybridized carbons (Fsp3) is 0.548. The van der Waals surface area contributed by atoms with Crippen molar-refractivity contribution < 1.29 is 41.4 Å². The molecule has 5 atom stereocenters. The average molecular weight is 580 g/mol. The molecule has 0 heterocycles. The predicted molar refractivity (Wildman–Crippen MR) is 141 cm³/mol. The van der Waals surface area contributed by atoms with Crippen LogP contribution >= 0.6 is 0 Å². The minimum atomic E-state index is -5.89. The first kappa shape index (κ1) is 29.5. The number of alkyl halides is 5. The van der Waals surface area contributed by atoms with Gasteiger partial charge in [0.05, 0.1) is 0 Å². The first-order valence-electron chi connectivity index (χ1n) is 14.0. The molecule has 0 aliphatic heterocycles. The zero-order chi connectivity index (χ0) is 29.8. The number of ether oxygens (including phenoxy) is 1. The van der Waals surface area contributed by atoms with Crippen molar-refractivity contribution in [1.29, 1.82) is 0 Å². The van der Waals surface area contributed by atoms with Gasteiger partial charge in [-0.15, -0.1) is 6.58 Å². The van der Waals surface area contributed by atoms with Crippen molar-refractivity contribution in [1.82, 2.24) is 5.32 Å². The number of hydrogen-bond acceptors (Lipinski definition) is 4. The number of carbonyl (C=O) groups is 2. The summed E-state index contributed by atoms with van der Waals surface area (Å²) >= 11 is 0. The largest absolute Gasteiger partial charge is 0.456 e. The van der Waals surface area contributed by atoms with Gasteiger partial charge in [-0.2, -0.15) is 22.0 Å². The molecule has 5 rings (SSSR count). The lowest BCUT2D eigenvalue weighted by Crippen LogP contribution is -2.65. The van der Waals surface area contributed by atoms with Crippen molar-refractivity contribution in [3.63, 3.8) is 0 Å². The highest BCUT2D eigenvalue weighted by Crippen LogP contribution is 2.70. The maximum atomic E-state index is 15.1. The summed E-state index contributed by atoms with van der Waals surface area (Å²) in [6.07, 6.45) is -2.11. The molecule has 0 spiro atoms. The van der Waals surface area contributed by atoms with E-state index in [1.165, 1.54) is 13.0 Å². The van der Waals surface area contributed by atoms with E-state index >= 15 is 8.78 Å². The summed E-state index contributed by atoms with van der Waals surface area (Å²) in [6.45, 7) is 5.15. The van der Waals surface area contributed by atoms with Crippen molar-refractivity contribution in [2.45, 2.75) is 82.1 Å². The van der Waals surface area contributed by atoms with Crippen LogP contribution in [0.3, 0.4) is 0 Å². The van der Waals surface area contributed by atoms with Gasteiger partial charge in [-0.1, -0.05) is 42.8 Å². The van der Waals surface area contributed by atoms with Crippen LogP contribution in [-0.4, -0.2) is 41.2 Å². The number of ketones is 1. The summed E-state index contributed by atoms with van der Waals surface area (Å²) in [5, 5.41) is 13.9. The predicted octanol–water partition coefficient (Wildman–Crippen LogP) is 6.93. The van der Waals surface area contributed by atoms with Gasteiger partial charge in [0.25, 0.3) is 0 Å². The third kappa shape index (κ3) is 4.72. The van der Waals surface area contributed by atoms with Crippen LogP contribution in [0.5, 0.6) is 0 Å². The van der Waals surface area contributed by atoms with Gasteiger partial charge in [0.1, 0.15) is 12.2 Å². The third-order valence-corrected chi connectivity index (χ3v) is 9.90. The number of aliphatic hydroxyl groups is 1. The Morgan fingerprint density at radius 2 is 1.85 bits per heavy atom. The molecule has 0 bridgehead atoms. The zero-order valence-electron chi connectivity index (χ0n) is 22.8. The lowest BCUT2D eigenvalue weighted by Gasteiger charge is -2.56. The van der Waals surface area contributed by atoms with Crippen LogP contribution in [0.25, 0.3) is 0 Å². The molecule has 10 heteroatoms. The van der Waals surface area contributed by atoms with E-state index in [-0.39, 0.29) is 37.7 Å². The van der Waals surface area contributed by atoms with Gasteiger partial charge in [0.2, 0.25) is 0 Å². The van der Waals surface area contributed by atoms with E-state index in [0.717, 1.165) is 22.3 Å². The minimum Gasteiger partial charge on any atom is -0.445 e. The molecule has 1 amide bonds. The Morgan fingerprint density at radius 1 is 1.15 bits per heavy atom. The molecule has 1 aromatic rings. The first-order chi connectivity index (χ1) is 19.2. The van der Waals surface area contributed by atoms with Crippen LogP contribution in [0, 0.1) is 17.3 Å². The fourth-order valence-electron chi connectivity index (χ4n) is 7.92. The number of fused-ring (bicyclic) bond motifs is 4. The number of alkyl carbamates (subject to hydrolysis) is 1. The van der Waals surface area contributed by atoms with Gasteiger partial charge in [-0.25, -0.2) is 4.79 Å². The number of allylic oxidation sites excluding steroid dienone is 4. The molecule has 222 valence electrons. The standard InChI is InChI=1S/C31H34F5NO4/c1-3-14-37-27(39)41-17-18-4-6-19(7-5-18)24-16-28(2)25(12-13-29(28,40)30(32,33)31(34,35)36)23-10-8-20-15-21(38)9-11-22(20)26(23)24/h3-7,15,23-25,40H,1,8-14,16-17H2,2H3,(H,37,39)/t23-,24+,25-,28-,29-/m0/s1. The highest BCUT2D eigenvalue weighted by Gasteiger charge is 2.79. The second kappa shape index (κ2) is 10.4. The van der Waals surface area contributed by atoms with Crippen molar-refractivity contribution >= 4 is 11.9 Å². The summed E-state index contributed by atoms with van der Waals surface area (Å²) < 4.78 is 76.5. The molecule has 5 nitrogen and oxygen atoms in total. The van der Waals surface area contributed by atoms with Crippen LogP contribution in [0.4, 0.5) is 26.7 Å². The highest BCUT2D eigenvalue weighted by molar-refractivity contribution is 5.93. The van der Waals surface area contributed by atoms with Gasteiger partial charge in [0, 0.05) is 24.3 Å². The van der Waals surface area contributed by atoms with Gasteiger partial charge in [0.15, 0.2) is 5.78 Å². The van der Waals surface area contributed by atoms with Gasteiger partial charge >= 0.3 is 18.2 Å². The zero-order valence-corrected chi connectivity index (χ0v) is 22.8. The smallest absolute Gasteiger partial charge is 0.445 e. The van der Waals surface area contributed by atoms with Crippen LogP contribution in [0.15, 0.2) is 59.7 Å². The summed E-state index contributed by atoms with van der Waals surface area (Å²) in [5.74, 6) is -6.60. The Balaban J connectivity index is 1.54. The van der Waals surface area contributed by atoms with E-state index in [1.54, 1.807) is 30.3 Å². The van der Waals surface area contributed by atoms with Crippen LogP contribution in [0.2, 0.25) is 0 Å². The Hall–Kier alpha value is -3.01. The average Bonchev–Trinajstić information content (AvgIpc) is 3.21. The summed E-state index contributed by atoms with van der Waals surface area (Å²) in [6, 6.07) is 7.03. The van der Waals surface area contributed by atoms with Crippen molar-refractivity contribution in [2.75, 3.05) is 6.54 Å². The molecule has 0 radical (unpaired) electrons. The van der Waals surface area contributed by atoms with Crippen LogP contribution in [0.1, 0.15) is 68.9 Å². The lowest BCUT2D eigenvalue weighted by molar-refractivity contribution is -0.362. The Morgan fingerprint density at radius 3 is 2.51 bits per heavy atom. The van der Waals surface area contributed by atoms with E-state index in [0.29, 0.717) is 31.2 Å². The molecule has 0 unspecified atom stereocenters. The number of benzene rings is 1. The van der Waals surface area contributed by atoms with E-state index in [4.69, 9.17) is 4.74 Å². The van der Waals surface area contributed by atoms with Gasteiger partial charge < -0.3 is 15.2 Å². The Bertz CT molecular complexity index is 1300. The SMILES string of the molecule is C=CCNC(=O)OCc1ccc([C@H]2C[C@@]3(C)[C@@H](CC[C@@]3(O)C(F)(F)C(F)(F)F)[C@@H]3CCC4=CC(=O)CCC4=C32)cc1. The molecule has 41 heavy (non-hydrogen) atoms. The van der Waals surface area contributed by atoms with Crippen LogP contribution in [-0.2, 0) is 16.1 Å². The molecule has 1 aromatic carbocycles. The van der Waals surface area contributed by atoms with E-state index < -0.39 is 47.5 Å². The highest BCUT2D eigenvalue weighted by atomic mass is 19.4. The van der Waals surface area contributed by atoms with Gasteiger partial charge in [-0.05, 0) is 78.7 Å². The molecule has 4 aliphatic rings.